The van der Waals surface area contributed by atoms with Gasteiger partial charge in [0.05, 0.1) is 30.8 Å². The van der Waals surface area contributed by atoms with Gasteiger partial charge in [-0.25, -0.2) is 0 Å². The van der Waals surface area contributed by atoms with Crippen LogP contribution in [0.3, 0.4) is 0 Å². The van der Waals surface area contributed by atoms with Gasteiger partial charge < -0.3 is 24.4 Å². The number of hydrogen-bond donors (Lipinski definition) is 1. The topological polar surface area (TPSA) is 96.4 Å². The summed E-state index contributed by atoms with van der Waals surface area (Å²) >= 11 is 0. The molecule has 8 heteroatoms. The maximum absolute atomic E-state index is 14.6. The largest absolute Gasteiger partial charge is 0.465 e. The van der Waals surface area contributed by atoms with Gasteiger partial charge in [-0.2, -0.15) is 0 Å². The van der Waals surface area contributed by atoms with E-state index in [0.29, 0.717) is 25.8 Å². The molecule has 2 amide bonds. The minimum Gasteiger partial charge on any atom is -0.465 e. The Morgan fingerprint density at radius 3 is 2.43 bits per heavy atom. The quantitative estimate of drug-likeness (QED) is 0.256. The number of carbonyl (C=O) groups excluding carboxylic acids is 3. The molecule has 0 saturated carbocycles. The van der Waals surface area contributed by atoms with E-state index in [2.05, 4.69) is 33.9 Å². The third-order valence-electron chi connectivity index (χ3n) is 8.28. The minimum atomic E-state index is -1.16. The lowest BCUT2D eigenvalue weighted by Gasteiger charge is -2.46. The lowest BCUT2D eigenvalue weighted by Crippen LogP contribution is -2.62. The van der Waals surface area contributed by atoms with E-state index in [1.54, 1.807) is 24.0 Å². The van der Waals surface area contributed by atoms with Gasteiger partial charge in [0.2, 0.25) is 11.8 Å². The van der Waals surface area contributed by atoms with Crippen LogP contribution in [0.2, 0.25) is 0 Å². The molecule has 0 aliphatic carbocycles. The van der Waals surface area contributed by atoms with Crippen molar-refractivity contribution in [3.63, 3.8) is 0 Å². The normalized spacial score (nSPS) is 31.7. The van der Waals surface area contributed by atoms with Crippen molar-refractivity contribution in [2.24, 2.45) is 17.3 Å². The van der Waals surface area contributed by atoms with Crippen LogP contribution in [0.1, 0.15) is 74.1 Å². The van der Waals surface area contributed by atoms with E-state index in [9.17, 15) is 19.5 Å². The molecule has 1 spiro atoms. The number of amides is 2. The molecule has 6 atom stereocenters. The first-order chi connectivity index (χ1) is 17.1. The van der Waals surface area contributed by atoms with Crippen molar-refractivity contribution in [3.05, 3.63) is 25.3 Å². The second kappa shape index (κ2) is 10.2. The molecule has 3 aliphatic rings. The van der Waals surface area contributed by atoms with Crippen molar-refractivity contribution in [3.8, 4) is 0 Å². The van der Waals surface area contributed by atoms with E-state index < -0.39 is 46.6 Å². The van der Waals surface area contributed by atoms with Gasteiger partial charge >= 0.3 is 5.97 Å². The average molecular weight is 519 g/mol. The van der Waals surface area contributed by atoms with Crippen LogP contribution in [0.4, 0.5) is 0 Å². The zero-order chi connectivity index (χ0) is 28.0. The number of carbonyl (C=O) groups is 3. The number of ether oxygens (including phenoxy) is 2. The second-order valence-corrected chi connectivity index (χ2v) is 13.0. The highest BCUT2D eigenvalue weighted by atomic mass is 16.6. The molecule has 2 unspecified atom stereocenters. The highest BCUT2D eigenvalue weighted by molar-refractivity contribution is 5.99. The van der Waals surface area contributed by atoms with Crippen molar-refractivity contribution in [1.82, 2.24) is 9.80 Å². The summed E-state index contributed by atoms with van der Waals surface area (Å²) in [5.74, 6) is -2.72. The molecule has 0 aromatic heterocycles. The number of hydrogen-bond acceptors (Lipinski definition) is 6. The van der Waals surface area contributed by atoms with E-state index in [4.69, 9.17) is 9.47 Å². The Kier molecular flexibility index (Phi) is 8.08. The monoisotopic (exact) mass is 518 g/mol. The Labute approximate surface area is 222 Å². The molecular weight excluding hydrogens is 472 g/mol. The smallest absolute Gasteiger partial charge is 0.312 e. The van der Waals surface area contributed by atoms with Gasteiger partial charge in [-0.15, -0.1) is 13.2 Å². The summed E-state index contributed by atoms with van der Waals surface area (Å²) in [6.07, 6.45) is 5.61. The molecule has 3 saturated heterocycles. The first-order valence-corrected chi connectivity index (χ1v) is 13.4. The van der Waals surface area contributed by atoms with Crippen LogP contribution in [0, 0.1) is 17.3 Å². The Hall–Kier alpha value is -2.19. The molecule has 3 fully saturated rings. The Morgan fingerprint density at radius 1 is 1.24 bits per heavy atom. The van der Waals surface area contributed by atoms with Gasteiger partial charge in [-0.05, 0) is 58.8 Å². The van der Waals surface area contributed by atoms with E-state index >= 15 is 0 Å². The summed E-state index contributed by atoms with van der Waals surface area (Å²) in [6.45, 7) is 21.7. The molecule has 0 aromatic carbocycles. The average Bonchev–Trinajstić information content (AvgIpc) is 3.35. The van der Waals surface area contributed by atoms with Gasteiger partial charge in [0, 0.05) is 12.1 Å². The van der Waals surface area contributed by atoms with Gasteiger partial charge in [0.25, 0.3) is 0 Å². The fourth-order valence-corrected chi connectivity index (χ4v) is 7.20. The number of aliphatic hydroxyl groups excluding tert-OH is 1. The summed E-state index contributed by atoms with van der Waals surface area (Å²) < 4.78 is 12.2. The molecule has 0 radical (unpaired) electrons. The fraction of sp³-hybridized carbons (Fsp3) is 0.759. The van der Waals surface area contributed by atoms with Crippen LogP contribution in [0.25, 0.3) is 0 Å². The maximum atomic E-state index is 14.6. The number of fused-ring (bicyclic) bond motifs is 1. The van der Waals surface area contributed by atoms with Crippen LogP contribution in [-0.4, -0.2) is 81.3 Å². The van der Waals surface area contributed by atoms with E-state index in [1.807, 2.05) is 20.8 Å². The maximum Gasteiger partial charge on any atom is 0.312 e. The lowest BCUT2D eigenvalue weighted by atomic mass is 9.66. The molecule has 1 N–H and O–H groups in total. The molecule has 3 aliphatic heterocycles. The van der Waals surface area contributed by atoms with Crippen LogP contribution in [0.15, 0.2) is 25.3 Å². The summed E-state index contributed by atoms with van der Waals surface area (Å²) in [5.41, 5.74) is -2.66. The van der Waals surface area contributed by atoms with E-state index in [-0.39, 0.29) is 30.4 Å². The standard InChI is InChI=1S/C29H46N2O6/c1-10-12-16-36-25(35)21-20-23(33)31(19(3)17-32)22(29(20)14-13-28(21,9)37-29)24(34)30(15-11-2)27(7,8)18-26(4,5)6/h10-11,19-22,32H,1-2,12-18H2,3-9H3/t19-,20+,21+,22?,28-,29?/m1/s1. The number of aliphatic hydroxyl groups is 1. The molecule has 3 heterocycles. The van der Waals surface area contributed by atoms with Crippen LogP contribution in [-0.2, 0) is 23.9 Å². The minimum absolute atomic E-state index is 0.0519. The lowest BCUT2D eigenvalue weighted by molar-refractivity contribution is -0.163. The predicted molar refractivity (Wildman–Crippen MR) is 141 cm³/mol. The van der Waals surface area contributed by atoms with Crippen LogP contribution >= 0.6 is 0 Å². The highest BCUT2D eigenvalue weighted by Crippen LogP contribution is 2.63. The Bertz CT molecular complexity index is 939. The molecule has 208 valence electrons. The zero-order valence-corrected chi connectivity index (χ0v) is 23.7. The number of esters is 1. The summed E-state index contributed by atoms with van der Waals surface area (Å²) in [5, 5.41) is 10.1. The Balaban J connectivity index is 2.09. The zero-order valence-electron chi connectivity index (χ0n) is 23.7. The molecule has 0 aromatic rings. The van der Waals surface area contributed by atoms with Crippen LogP contribution < -0.4 is 0 Å². The van der Waals surface area contributed by atoms with Gasteiger partial charge in [0.1, 0.15) is 17.6 Å². The number of nitrogens with zero attached hydrogens (tertiary/aromatic N) is 2. The number of rotatable bonds is 11. The second-order valence-electron chi connectivity index (χ2n) is 13.0. The Morgan fingerprint density at radius 2 is 1.89 bits per heavy atom. The van der Waals surface area contributed by atoms with Gasteiger partial charge in [0.15, 0.2) is 0 Å². The molecule has 37 heavy (non-hydrogen) atoms. The number of likely N-dealkylation sites (tertiary alicyclic amines) is 1. The van der Waals surface area contributed by atoms with Crippen molar-refractivity contribution in [2.45, 2.75) is 103 Å². The summed E-state index contributed by atoms with van der Waals surface area (Å²) in [6, 6.07) is -1.58. The molecular formula is C29H46N2O6. The molecule has 3 rings (SSSR count). The molecule has 8 nitrogen and oxygen atoms in total. The summed E-state index contributed by atoms with van der Waals surface area (Å²) in [4.78, 5) is 45.2. The van der Waals surface area contributed by atoms with E-state index in [1.165, 1.54) is 4.90 Å². The molecule has 2 bridgehead atoms. The van der Waals surface area contributed by atoms with Crippen LogP contribution in [0.5, 0.6) is 0 Å². The van der Waals surface area contributed by atoms with Crippen molar-refractivity contribution >= 4 is 17.8 Å². The third-order valence-corrected chi connectivity index (χ3v) is 8.28. The van der Waals surface area contributed by atoms with Crippen molar-refractivity contribution in [1.29, 1.82) is 0 Å². The van der Waals surface area contributed by atoms with Crippen molar-refractivity contribution < 1.29 is 29.0 Å². The van der Waals surface area contributed by atoms with E-state index in [0.717, 1.165) is 6.42 Å². The van der Waals surface area contributed by atoms with Crippen molar-refractivity contribution in [2.75, 3.05) is 19.8 Å². The SMILES string of the molecule is C=CCCOC(=O)[C@@H]1[C@H]2C(=O)N([C@H](C)CO)C(C(=O)N(CC=C)C(C)(C)CC(C)(C)C)C23CC[C@@]1(C)O3. The fourth-order valence-electron chi connectivity index (χ4n) is 7.20. The summed E-state index contributed by atoms with van der Waals surface area (Å²) in [7, 11) is 0. The first-order valence-electron chi connectivity index (χ1n) is 13.4. The van der Waals surface area contributed by atoms with Gasteiger partial charge in [-0.1, -0.05) is 32.9 Å². The predicted octanol–water partition coefficient (Wildman–Crippen LogP) is 3.48. The highest BCUT2D eigenvalue weighted by Gasteiger charge is 2.79. The third kappa shape index (κ3) is 4.99. The first kappa shape index (κ1) is 29.4. The van der Waals surface area contributed by atoms with Gasteiger partial charge in [-0.3, -0.25) is 14.4 Å².